The lowest BCUT2D eigenvalue weighted by Crippen LogP contribution is -2.39. The maximum absolute atomic E-state index is 13.0. The fraction of sp³-hybridized carbons (Fsp3) is 0.300. The number of benzene rings is 1. The van der Waals surface area contributed by atoms with Gasteiger partial charge in [-0.15, -0.1) is 0 Å². The van der Waals surface area contributed by atoms with Crippen LogP contribution in [0.5, 0.6) is 0 Å². The molecule has 0 bridgehead atoms. The first-order valence-electron chi connectivity index (χ1n) is 8.94. The lowest BCUT2D eigenvalue weighted by molar-refractivity contribution is -0.258. The Bertz CT molecular complexity index is 1050. The third-order valence-corrected chi connectivity index (χ3v) is 5.94. The van der Waals surface area contributed by atoms with E-state index in [1.54, 1.807) is 13.8 Å². The summed E-state index contributed by atoms with van der Waals surface area (Å²) in [7, 11) is 0. The van der Waals surface area contributed by atoms with Gasteiger partial charge in [-0.3, -0.25) is 5.41 Å². The van der Waals surface area contributed by atoms with Crippen LogP contribution in [0.3, 0.4) is 0 Å². The fourth-order valence-electron chi connectivity index (χ4n) is 2.87. The van der Waals surface area contributed by atoms with Gasteiger partial charge in [0.25, 0.3) is 0 Å². The molecule has 1 aliphatic heterocycles. The van der Waals surface area contributed by atoms with E-state index in [4.69, 9.17) is 10.8 Å². The third kappa shape index (κ3) is 3.97. The van der Waals surface area contributed by atoms with E-state index in [0.29, 0.717) is 38.8 Å². The van der Waals surface area contributed by atoms with Crippen molar-refractivity contribution in [1.29, 1.82) is 10.8 Å². The number of aliphatic hydroxyl groups is 1. The van der Waals surface area contributed by atoms with Gasteiger partial charge in [0.2, 0.25) is 0 Å². The molecule has 6 nitrogen and oxygen atoms in total. The van der Waals surface area contributed by atoms with Crippen LogP contribution in [-0.4, -0.2) is 32.0 Å². The van der Waals surface area contributed by atoms with Gasteiger partial charge in [-0.1, -0.05) is 36.0 Å². The number of halogens is 3. The Morgan fingerprint density at radius 1 is 1.17 bits per heavy atom. The van der Waals surface area contributed by atoms with E-state index in [9.17, 15) is 18.3 Å². The van der Waals surface area contributed by atoms with Gasteiger partial charge in [-0.25, -0.2) is 9.97 Å². The summed E-state index contributed by atoms with van der Waals surface area (Å²) < 4.78 is 38.9. The quantitative estimate of drug-likeness (QED) is 0.507. The van der Waals surface area contributed by atoms with Gasteiger partial charge < -0.3 is 15.8 Å². The van der Waals surface area contributed by atoms with Crippen LogP contribution >= 0.6 is 11.8 Å². The van der Waals surface area contributed by atoms with Gasteiger partial charge in [-0.2, -0.15) is 13.2 Å². The third-order valence-electron chi connectivity index (χ3n) is 4.94. The molecular formula is C20H20F3N5OS. The molecule has 0 radical (unpaired) electrons. The first-order chi connectivity index (χ1) is 13.9. The predicted molar refractivity (Wildman–Crippen MR) is 111 cm³/mol. The summed E-state index contributed by atoms with van der Waals surface area (Å²) >= 11 is 1.20. The second kappa shape index (κ2) is 7.84. The zero-order chi connectivity index (χ0) is 22.3. The highest BCUT2D eigenvalue weighted by atomic mass is 32.2. The molecule has 4 N–H and O–H groups in total. The average Bonchev–Trinajstić information content (AvgIpc) is 3.01. The summed E-state index contributed by atoms with van der Waals surface area (Å²) in [4.78, 5) is 9.17. The second-order valence-corrected chi connectivity index (χ2v) is 8.10. The first kappa shape index (κ1) is 22.0. The molecule has 0 aliphatic carbocycles. The lowest BCUT2D eigenvalue weighted by atomic mass is 9.94. The summed E-state index contributed by atoms with van der Waals surface area (Å²) in [5.74, 6) is 0.506. The summed E-state index contributed by atoms with van der Waals surface area (Å²) in [5, 5.41) is 29.2. The Hall–Kier alpha value is -2.72. The van der Waals surface area contributed by atoms with Crippen molar-refractivity contribution in [3.63, 3.8) is 0 Å². The highest BCUT2D eigenvalue weighted by Gasteiger charge is 2.51. The monoisotopic (exact) mass is 435 g/mol. The number of nitrogens with zero attached hydrogens (tertiary/aromatic N) is 2. The molecule has 2 heterocycles. The van der Waals surface area contributed by atoms with Crippen LogP contribution in [0.25, 0.3) is 5.57 Å². The Balaban J connectivity index is 1.81. The Kier molecular flexibility index (Phi) is 5.74. The highest BCUT2D eigenvalue weighted by molar-refractivity contribution is 8.15. The van der Waals surface area contributed by atoms with Crippen molar-refractivity contribution in [2.24, 2.45) is 0 Å². The number of aromatic nitrogens is 2. The van der Waals surface area contributed by atoms with Crippen LogP contribution < -0.4 is 5.32 Å². The molecule has 158 valence electrons. The average molecular weight is 435 g/mol. The summed E-state index contributed by atoms with van der Waals surface area (Å²) in [6.45, 7) is 4.43. The molecule has 0 saturated heterocycles. The smallest absolute Gasteiger partial charge is 0.376 e. The fourth-order valence-corrected chi connectivity index (χ4v) is 3.90. The van der Waals surface area contributed by atoms with Crippen molar-refractivity contribution in [1.82, 2.24) is 9.97 Å². The number of hydrogen-bond acceptors (Lipinski definition) is 7. The Morgan fingerprint density at radius 3 is 2.37 bits per heavy atom. The van der Waals surface area contributed by atoms with E-state index < -0.39 is 11.8 Å². The van der Waals surface area contributed by atoms with Gasteiger partial charge in [-0.05, 0) is 37.5 Å². The normalized spacial score (nSPS) is 17.4. The molecule has 2 aromatic rings. The summed E-state index contributed by atoms with van der Waals surface area (Å²) in [6, 6.07) is 5.51. The van der Waals surface area contributed by atoms with Gasteiger partial charge in [0.15, 0.2) is 5.60 Å². The standard InChI is InChI=1S/C20H20F3N5OS/c1-10(11(2)24)14-15-16(30-17(14)25)18(28-9-27-15)26-8-12-4-6-13(7-5-12)19(3,29)20(21,22)23/h4-7,9,24-25,29H,8H2,1-3H3,(H,26,27,28)/b14-10-,24-11?,25-17?. The van der Waals surface area contributed by atoms with Crippen molar-refractivity contribution in [2.45, 2.75) is 44.0 Å². The van der Waals surface area contributed by atoms with Crippen molar-refractivity contribution >= 4 is 33.9 Å². The van der Waals surface area contributed by atoms with E-state index in [1.165, 1.54) is 42.4 Å². The molecule has 0 saturated carbocycles. The molecule has 1 atom stereocenters. The van der Waals surface area contributed by atoms with Crippen molar-refractivity contribution in [3.05, 3.63) is 53.0 Å². The molecule has 10 heteroatoms. The van der Waals surface area contributed by atoms with Gasteiger partial charge in [0, 0.05) is 17.8 Å². The number of rotatable bonds is 5. The van der Waals surface area contributed by atoms with Crippen LogP contribution in [0.1, 0.15) is 37.6 Å². The van der Waals surface area contributed by atoms with Crippen LogP contribution in [0, 0.1) is 10.8 Å². The first-order valence-corrected chi connectivity index (χ1v) is 9.76. The maximum Gasteiger partial charge on any atom is 0.421 e. The van der Waals surface area contributed by atoms with Gasteiger partial charge in [0.1, 0.15) is 17.2 Å². The molecule has 0 fully saturated rings. The van der Waals surface area contributed by atoms with Crippen molar-refractivity contribution in [2.75, 3.05) is 5.32 Å². The van der Waals surface area contributed by atoms with Crippen LogP contribution in [0.2, 0.25) is 0 Å². The van der Waals surface area contributed by atoms with Crippen molar-refractivity contribution < 1.29 is 18.3 Å². The number of allylic oxidation sites excluding steroid dienone is 1. The Morgan fingerprint density at radius 2 is 1.80 bits per heavy atom. The molecule has 1 aromatic carbocycles. The number of nitrogens with one attached hydrogen (secondary N) is 3. The number of thioether (sulfide) groups is 1. The Labute approximate surface area is 175 Å². The number of alkyl halides is 3. The number of hydrogen-bond donors (Lipinski definition) is 4. The minimum atomic E-state index is -4.77. The van der Waals surface area contributed by atoms with Crippen LogP contribution in [0.4, 0.5) is 19.0 Å². The maximum atomic E-state index is 13.0. The van der Waals surface area contributed by atoms with Crippen LogP contribution in [-0.2, 0) is 12.1 Å². The molecular weight excluding hydrogens is 415 g/mol. The van der Waals surface area contributed by atoms with Gasteiger partial charge >= 0.3 is 6.18 Å². The van der Waals surface area contributed by atoms with E-state index in [1.807, 2.05) is 0 Å². The van der Waals surface area contributed by atoms with Gasteiger partial charge in [0.05, 0.1) is 10.6 Å². The molecule has 0 amide bonds. The summed E-state index contributed by atoms with van der Waals surface area (Å²) in [5.41, 5.74) is -0.247. The number of anilines is 1. The van der Waals surface area contributed by atoms with Crippen molar-refractivity contribution in [3.8, 4) is 0 Å². The zero-order valence-corrected chi connectivity index (χ0v) is 17.3. The molecule has 1 aromatic heterocycles. The zero-order valence-electron chi connectivity index (χ0n) is 16.5. The molecule has 30 heavy (non-hydrogen) atoms. The predicted octanol–water partition coefficient (Wildman–Crippen LogP) is 4.75. The van der Waals surface area contributed by atoms with E-state index in [2.05, 4.69) is 15.3 Å². The largest absolute Gasteiger partial charge is 0.421 e. The lowest BCUT2D eigenvalue weighted by Gasteiger charge is -2.26. The topological polar surface area (TPSA) is 106 Å². The summed E-state index contributed by atoms with van der Waals surface area (Å²) in [6.07, 6.45) is -3.40. The molecule has 0 spiro atoms. The molecule has 1 aliphatic rings. The molecule has 3 rings (SSSR count). The number of fused-ring (bicyclic) bond motifs is 1. The SMILES string of the molecule is CC(=N)/C(C)=C1\C(=N)Sc2c(NCc3ccc(C(C)(O)C(F)(F)F)cc3)ncnc21. The molecule has 1 unspecified atom stereocenters. The minimum absolute atomic E-state index is 0.238. The van der Waals surface area contributed by atoms with E-state index in [0.717, 1.165) is 6.92 Å². The highest BCUT2D eigenvalue weighted by Crippen LogP contribution is 2.44. The second-order valence-electron chi connectivity index (χ2n) is 7.08. The van der Waals surface area contributed by atoms with Crippen LogP contribution in [0.15, 0.2) is 41.1 Å². The van der Waals surface area contributed by atoms with E-state index >= 15 is 0 Å². The minimum Gasteiger partial charge on any atom is -0.376 e. The van der Waals surface area contributed by atoms with E-state index in [-0.39, 0.29) is 17.2 Å².